The monoisotopic (exact) mass is 520 g/mol. The van der Waals surface area contributed by atoms with Crippen molar-refractivity contribution in [3.63, 3.8) is 0 Å². The average Bonchev–Trinajstić information content (AvgIpc) is 3.38. The van der Waals surface area contributed by atoms with Gasteiger partial charge in [-0.05, 0) is 72.2 Å². The number of nitrogens with two attached hydrogens (primary N) is 2. The zero-order valence-corrected chi connectivity index (χ0v) is 22.5. The van der Waals surface area contributed by atoms with Gasteiger partial charge in [0.1, 0.15) is 5.76 Å². The molecular formula is C30H37FN4O3. The van der Waals surface area contributed by atoms with Gasteiger partial charge in [0.2, 0.25) is 5.91 Å². The molecule has 4 N–H and O–H groups in total. The van der Waals surface area contributed by atoms with E-state index in [9.17, 15) is 9.59 Å². The molecule has 1 saturated heterocycles. The first-order chi connectivity index (χ1) is 18.1. The molecular weight excluding hydrogens is 483 g/mol. The molecule has 2 amide bonds. The number of nitrogens with zero attached hydrogens (tertiary/aromatic N) is 2. The van der Waals surface area contributed by atoms with Crippen LogP contribution in [0.4, 0.5) is 15.8 Å². The Morgan fingerprint density at radius 2 is 1.58 bits per heavy atom. The third-order valence-corrected chi connectivity index (χ3v) is 7.33. The Morgan fingerprint density at radius 1 is 0.921 bits per heavy atom. The molecule has 38 heavy (non-hydrogen) atoms. The summed E-state index contributed by atoms with van der Waals surface area (Å²) in [6.45, 7) is 10.5. The van der Waals surface area contributed by atoms with Gasteiger partial charge in [-0.2, -0.15) is 0 Å². The van der Waals surface area contributed by atoms with Gasteiger partial charge >= 0.3 is 0 Å². The zero-order chi connectivity index (χ0) is 27.6. The summed E-state index contributed by atoms with van der Waals surface area (Å²) in [5.74, 6) is -0.973. The molecule has 2 heterocycles. The van der Waals surface area contributed by atoms with Crippen LogP contribution in [-0.4, -0.2) is 35.8 Å². The molecule has 1 aliphatic rings. The molecule has 0 bridgehead atoms. The number of primary amides is 2. The lowest BCUT2D eigenvalue weighted by Gasteiger charge is -2.41. The molecule has 1 aliphatic heterocycles. The largest absolute Gasteiger partial charge is 0.468 e. The fraction of sp³-hybridized carbons (Fsp3) is 0.400. The molecule has 7 nitrogen and oxygen atoms in total. The Balaban J connectivity index is 1.84. The van der Waals surface area contributed by atoms with Gasteiger partial charge < -0.3 is 20.8 Å². The van der Waals surface area contributed by atoms with Crippen LogP contribution in [0.3, 0.4) is 0 Å². The highest BCUT2D eigenvalue weighted by Gasteiger charge is 2.32. The van der Waals surface area contributed by atoms with Crippen molar-refractivity contribution in [1.82, 2.24) is 4.90 Å². The van der Waals surface area contributed by atoms with Crippen LogP contribution in [0.25, 0.3) is 0 Å². The molecule has 0 aliphatic carbocycles. The van der Waals surface area contributed by atoms with Crippen LogP contribution in [0.5, 0.6) is 0 Å². The summed E-state index contributed by atoms with van der Waals surface area (Å²) in [7, 11) is 0. The van der Waals surface area contributed by atoms with E-state index in [2.05, 4.69) is 18.7 Å². The number of amides is 2. The predicted molar refractivity (Wildman–Crippen MR) is 147 cm³/mol. The minimum absolute atomic E-state index is 0.0219. The maximum absolute atomic E-state index is 15.9. The van der Waals surface area contributed by atoms with Crippen LogP contribution in [0.15, 0.2) is 53.1 Å². The molecule has 202 valence electrons. The van der Waals surface area contributed by atoms with Crippen LogP contribution in [0.2, 0.25) is 0 Å². The van der Waals surface area contributed by atoms with Crippen LogP contribution in [0, 0.1) is 5.82 Å². The Kier molecular flexibility index (Phi) is 8.21. The fourth-order valence-electron chi connectivity index (χ4n) is 5.66. The van der Waals surface area contributed by atoms with Crippen molar-refractivity contribution in [3.8, 4) is 0 Å². The van der Waals surface area contributed by atoms with E-state index in [1.54, 1.807) is 24.5 Å². The van der Waals surface area contributed by atoms with Crippen molar-refractivity contribution in [1.29, 1.82) is 0 Å². The van der Waals surface area contributed by atoms with Crippen LogP contribution < -0.4 is 16.4 Å². The van der Waals surface area contributed by atoms with Crippen molar-refractivity contribution < 1.29 is 18.4 Å². The Morgan fingerprint density at radius 3 is 2.13 bits per heavy atom. The van der Waals surface area contributed by atoms with Gasteiger partial charge in [-0.25, -0.2) is 4.39 Å². The fourth-order valence-corrected chi connectivity index (χ4v) is 5.66. The summed E-state index contributed by atoms with van der Waals surface area (Å²) in [6.07, 6.45) is 3.22. The minimum Gasteiger partial charge on any atom is -0.468 e. The summed E-state index contributed by atoms with van der Waals surface area (Å²) < 4.78 is 21.4. The summed E-state index contributed by atoms with van der Waals surface area (Å²) in [4.78, 5) is 28.8. The highest BCUT2D eigenvalue weighted by molar-refractivity contribution is 5.97. The molecule has 0 radical (unpaired) electrons. The lowest BCUT2D eigenvalue weighted by molar-refractivity contribution is 0.0989. The van der Waals surface area contributed by atoms with Gasteiger partial charge in [0, 0.05) is 30.4 Å². The molecule has 2 aromatic carbocycles. The molecule has 0 atom stereocenters. The molecule has 3 aromatic rings. The van der Waals surface area contributed by atoms with E-state index in [-0.39, 0.29) is 23.4 Å². The quantitative estimate of drug-likeness (QED) is 0.378. The number of benzene rings is 2. The maximum Gasteiger partial charge on any atom is 0.251 e. The molecule has 0 unspecified atom stereocenters. The van der Waals surface area contributed by atoms with Crippen molar-refractivity contribution in [2.45, 2.75) is 65.0 Å². The zero-order valence-electron chi connectivity index (χ0n) is 22.5. The average molecular weight is 521 g/mol. The van der Waals surface area contributed by atoms with Gasteiger partial charge in [0.15, 0.2) is 5.82 Å². The molecule has 0 saturated carbocycles. The number of likely N-dealkylation sites (tertiary alicyclic amines) is 1. The van der Waals surface area contributed by atoms with Crippen LogP contribution >= 0.6 is 0 Å². The van der Waals surface area contributed by atoms with Crippen molar-refractivity contribution >= 4 is 23.2 Å². The van der Waals surface area contributed by atoms with E-state index in [0.29, 0.717) is 17.8 Å². The number of rotatable bonds is 9. The van der Waals surface area contributed by atoms with Gasteiger partial charge in [0.05, 0.1) is 24.1 Å². The first-order valence-corrected chi connectivity index (χ1v) is 13.2. The summed E-state index contributed by atoms with van der Waals surface area (Å²) in [6, 6.07) is 12.2. The van der Waals surface area contributed by atoms with Crippen molar-refractivity contribution in [2.24, 2.45) is 11.5 Å². The second-order valence-electron chi connectivity index (χ2n) is 10.6. The van der Waals surface area contributed by atoms with E-state index in [1.165, 1.54) is 6.07 Å². The highest BCUT2D eigenvalue weighted by atomic mass is 19.1. The smallest absolute Gasteiger partial charge is 0.251 e. The van der Waals surface area contributed by atoms with E-state index >= 15 is 4.39 Å². The number of anilines is 2. The normalized spacial score (nSPS) is 14.8. The first kappa shape index (κ1) is 27.4. The van der Waals surface area contributed by atoms with Crippen LogP contribution in [0.1, 0.15) is 90.0 Å². The Labute approximate surface area is 223 Å². The topological polar surface area (TPSA) is 106 Å². The number of carbonyl (C=O) groups is 2. The maximum atomic E-state index is 15.9. The van der Waals surface area contributed by atoms with Crippen molar-refractivity contribution in [2.75, 3.05) is 18.0 Å². The van der Waals surface area contributed by atoms with E-state index < -0.39 is 17.6 Å². The Hall–Kier alpha value is -3.65. The minimum atomic E-state index is -0.811. The SMILES string of the molecule is CC(C)c1c(C(N)=O)ccc(N(c2cccc(C(N)=O)c2F)C2CCN(Cc3ccco3)CC2)c1C(C)C. The Bertz CT molecular complexity index is 1300. The highest BCUT2D eigenvalue weighted by Crippen LogP contribution is 2.43. The summed E-state index contributed by atoms with van der Waals surface area (Å²) in [5, 5.41) is 0. The molecule has 4 rings (SSSR count). The molecule has 1 aromatic heterocycles. The van der Waals surface area contributed by atoms with Gasteiger partial charge in [-0.15, -0.1) is 0 Å². The first-order valence-electron chi connectivity index (χ1n) is 13.2. The predicted octanol–water partition coefficient (Wildman–Crippen LogP) is 5.67. The number of carbonyl (C=O) groups excluding carboxylic acids is 2. The third kappa shape index (κ3) is 5.45. The number of hydrogen-bond donors (Lipinski definition) is 2. The molecule has 0 spiro atoms. The number of halogens is 1. The van der Waals surface area contributed by atoms with Crippen LogP contribution in [-0.2, 0) is 6.54 Å². The molecule has 8 heteroatoms. The summed E-state index contributed by atoms with van der Waals surface area (Å²) in [5.41, 5.74) is 14.6. The van der Waals surface area contributed by atoms with E-state index in [4.69, 9.17) is 15.9 Å². The van der Waals surface area contributed by atoms with Gasteiger partial charge in [-0.3, -0.25) is 14.5 Å². The number of piperidine rings is 1. The third-order valence-electron chi connectivity index (χ3n) is 7.33. The second kappa shape index (κ2) is 11.4. The number of furan rings is 1. The van der Waals surface area contributed by atoms with Crippen molar-refractivity contribution in [3.05, 3.63) is 82.6 Å². The summed E-state index contributed by atoms with van der Waals surface area (Å²) >= 11 is 0. The lowest BCUT2D eigenvalue weighted by atomic mass is 9.84. The number of hydrogen-bond acceptors (Lipinski definition) is 5. The van der Waals surface area contributed by atoms with E-state index in [1.807, 2.05) is 36.9 Å². The standard InChI is InChI=1S/C30H37FN4O3/c1-18(2)26-22(29(32)36)10-11-24(27(26)19(3)4)35(25-9-5-8-23(28(25)31)30(33)37)20-12-14-34(15-13-20)17-21-7-6-16-38-21/h5-11,16,18-20H,12-15,17H2,1-4H3,(H2,32,36)(H2,33,37). The molecule has 1 fully saturated rings. The lowest BCUT2D eigenvalue weighted by Crippen LogP contribution is -2.43. The second-order valence-corrected chi connectivity index (χ2v) is 10.6. The van der Waals surface area contributed by atoms with Gasteiger partial charge in [0.25, 0.3) is 5.91 Å². The van der Waals surface area contributed by atoms with Gasteiger partial charge in [-0.1, -0.05) is 33.8 Å². The van der Waals surface area contributed by atoms with E-state index in [0.717, 1.165) is 48.5 Å².